The molecule has 0 aromatic heterocycles. The molecular formula is C20H22N2O2. The number of fused-ring (bicyclic) bond motifs is 1. The van der Waals surface area contributed by atoms with Crippen molar-refractivity contribution in [1.29, 1.82) is 5.26 Å². The van der Waals surface area contributed by atoms with Crippen molar-refractivity contribution in [3.63, 3.8) is 0 Å². The zero-order valence-corrected chi connectivity index (χ0v) is 13.7. The molecule has 3 rings (SSSR count). The van der Waals surface area contributed by atoms with E-state index in [0.717, 1.165) is 31.6 Å². The highest BCUT2D eigenvalue weighted by molar-refractivity contribution is 5.39. The molecular weight excluding hydrogens is 300 g/mol. The second-order valence-corrected chi connectivity index (χ2v) is 6.17. The third-order valence-corrected chi connectivity index (χ3v) is 4.64. The normalized spacial score (nSPS) is 18.8. The van der Waals surface area contributed by atoms with Gasteiger partial charge in [0.15, 0.2) is 0 Å². The largest absolute Gasteiger partial charge is 0.494 e. The number of ether oxygens (including phenoxy) is 1. The van der Waals surface area contributed by atoms with E-state index < -0.39 is 0 Å². The number of aliphatic hydroxyl groups is 1. The molecule has 0 aliphatic heterocycles. The van der Waals surface area contributed by atoms with E-state index in [9.17, 15) is 5.11 Å². The average Bonchev–Trinajstić information content (AvgIpc) is 3.01. The highest BCUT2D eigenvalue weighted by Crippen LogP contribution is 2.36. The van der Waals surface area contributed by atoms with Crippen molar-refractivity contribution >= 4 is 0 Å². The minimum Gasteiger partial charge on any atom is -0.494 e. The molecule has 0 bridgehead atoms. The van der Waals surface area contributed by atoms with E-state index >= 15 is 0 Å². The Morgan fingerprint density at radius 2 is 2.08 bits per heavy atom. The van der Waals surface area contributed by atoms with Crippen LogP contribution in [0.5, 0.6) is 5.75 Å². The zero-order chi connectivity index (χ0) is 16.8. The van der Waals surface area contributed by atoms with Gasteiger partial charge in [0.05, 0.1) is 30.4 Å². The standard InChI is InChI=1S/C20H22N2O2/c21-14-16-5-3-7-18(13-16)24-12-4-11-22-20(15-23)10-9-17-6-1-2-8-19(17)20/h1-3,5-8,13,22-23H,4,9-12,15H2. The molecule has 0 fully saturated rings. The van der Waals surface area contributed by atoms with Crippen LogP contribution < -0.4 is 10.1 Å². The first-order valence-electron chi connectivity index (χ1n) is 8.35. The molecule has 1 aliphatic carbocycles. The first-order valence-corrected chi connectivity index (χ1v) is 8.35. The summed E-state index contributed by atoms with van der Waals surface area (Å²) in [6.45, 7) is 1.45. The van der Waals surface area contributed by atoms with Crippen LogP contribution in [0.15, 0.2) is 48.5 Å². The van der Waals surface area contributed by atoms with E-state index in [-0.39, 0.29) is 12.1 Å². The van der Waals surface area contributed by atoms with E-state index in [4.69, 9.17) is 10.00 Å². The van der Waals surface area contributed by atoms with E-state index in [0.29, 0.717) is 12.2 Å². The van der Waals surface area contributed by atoms with Crippen molar-refractivity contribution in [2.75, 3.05) is 19.8 Å². The molecule has 1 atom stereocenters. The molecule has 2 N–H and O–H groups in total. The lowest BCUT2D eigenvalue weighted by molar-refractivity contribution is 0.157. The second-order valence-electron chi connectivity index (χ2n) is 6.17. The van der Waals surface area contributed by atoms with E-state index in [1.54, 1.807) is 12.1 Å². The Morgan fingerprint density at radius 1 is 1.21 bits per heavy atom. The summed E-state index contributed by atoms with van der Waals surface area (Å²) in [5, 5.41) is 22.3. The number of nitriles is 1. The third kappa shape index (κ3) is 3.43. The first-order chi connectivity index (χ1) is 11.8. The Labute approximate surface area is 142 Å². The van der Waals surface area contributed by atoms with Gasteiger partial charge in [-0.05, 0) is 55.1 Å². The minimum atomic E-state index is -0.322. The van der Waals surface area contributed by atoms with Gasteiger partial charge in [0.1, 0.15) is 5.75 Å². The Balaban J connectivity index is 1.50. The van der Waals surface area contributed by atoms with Crippen LogP contribution >= 0.6 is 0 Å². The smallest absolute Gasteiger partial charge is 0.120 e. The van der Waals surface area contributed by atoms with Crippen LogP contribution in [0.2, 0.25) is 0 Å². The molecule has 0 radical (unpaired) electrons. The molecule has 0 heterocycles. The maximum absolute atomic E-state index is 9.93. The first kappa shape index (κ1) is 16.5. The highest BCUT2D eigenvalue weighted by Gasteiger charge is 2.37. The number of hydrogen-bond donors (Lipinski definition) is 2. The van der Waals surface area contributed by atoms with E-state index in [1.165, 1.54) is 11.1 Å². The molecule has 24 heavy (non-hydrogen) atoms. The lowest BCUT2D eigenvalue weighted by Crippen LogP contribution is -2.44. The fourth-order valence-corrected chi connectivity index (χ4v) is 3.34. The van der Waals surface area contributed by atoms with Crippen LogP contribution in [0.1, 0.15) is 29.5 Å². The number of rotatable bonds is 7. The number of aliphatic hydroxyl groups excluding tert-OH is 1. The Hall–Kier alpha value is -2.35. The fourth-order valence-electron chi connectivity index (χ4n) is 3.34. The summed E-state index contributed by atoms with van der Waals surface area (Å²) in [4.78, 5) is 0. The fraction of sp³-hybridized carbons (Fsp3) is 0.350. The van der Waals surface area contributed by atoms with Gasteiger partial charge in [-0.15, -0.1) is 0 Å². The SMILES string of the molecule is N#Cc1cccc(OCCCNC2(CO)CCc3ccccc32)c1. The molecule has 0 saturated heterocycles. The third-order valence-electron chi connectivity index (χ3n) is 4.64. The average molecular weight is 322 g/mol. The second kappa shape index (κ2) is 7.48. The van der Waals surface area contributed by atoms with E-state index in [2.05, 4.69) is 29.6 Å². The van der Waals surface area contributed by atoms with Gasteiger partial charge in [0, 0.05) is 0 Å². The van der Waals surface area contributed by atoms with Crippen LogP contribution in [0.4, 0.5) is 0 Å². The van der Waals surface area contributed by atoms with Crippen LogP contribution in [-0.2, 0) is 12.0 Å². The summed E-state index contributed by atoms with van der Waals surface area (Å²) in [5.41, 5.74) is 2.82. The van der Waals surface area contributed by atoms with Crippen LogP contribution in [-0.4, -0.2) is 24.9 Å². The van der Waals surface area contributed by atoms with Gasteiger partial charge in [0.25, 0.3) is 0 Å². The molecule has 2 aromatic rings. The molecule has 2 aromatic carbocycles. The van der Waals surface area contributed by atoms with Gasteiger partial charge in [-0.2, -0.15) is 5.26 Å². The predicted octanol–water partition coefficient (Wildman–Crippen LogP) is 2.75. The van der Waals surface area contributed by atoms with Crippen LogP contribution in [0, 0.1) is 11.3 Å². The van der Waals surface area contributed by atoms with Gasteiger partial charge >= 0.3 is 0 Å². The maximum Gasteiger partial charge on any atom is 0.120 e. The zero-order valence-electron chi connectivity index (χ0n) is 13.7. The van der Waals surface area contributed by atoms with Gasteiger partial charge in [-0.1, -0.05) is 30.3 Å². The quantitative estimate of drug-likeness (QED) is 0.769. The van der Waals surface area contributed by atoms with Crippen LogP contribution in [0.25, 0.3) is 0 Å². The maximum atomic E-state index is 9.93. The van der Waals surface area contributed by atoms with Crippen molar-refractivity contribution in [2.24, 2.45) is 0 Å². The van der Waals surface area contributed by atoms with Crippen molar-refractivity contribution in [3.05, 3.63) is 65.2 Å². The number of nitrogens with one attached hydrogen (secondary N) is 1. The van der Waals surface area contributed by atoms with Gasteiger partial charge in [0.2, 0.25) is 0 Å². The van der Waals surface area contributed by atoms with Crippen molar-refractivity contribution in [3.8, 4) is 11.8 Å². The van der Waals surface area contributed by atoms with E-state index in [1.807, 2.05) is 18.2 Å². The topological polar surface area (TPSA) is 65.3 Å². The summed E-state index contributed by atoms with van der Waals surface area (Å²) in [7, 11) is 0. The minimum absolute atomic E-state index is 0.106. The van der Waals surface area contributed by atoms with Crippen molar-refractivity contribution in [2.45, 2.75) is 24.8 Å². The molecule has 1 unspecified atom stereocenters. The van der Waals surface area contributed by atoms with Gasteiger partial charge in [-0.25, -0.2) is 0 Å². The Bertz CT molecular complexity index is 738. The summed E-state index contributed by atoms with van der Waals surface area (Å²) in [6, 6.07) is 17.6. The predicted molar refractivity (Wildman–Crippen MR) is 92.8 cm³/mol. The van der Waals surface area contributed by atoms with Gasteiger partial charge in [-0.3, -0.25) is 0 Å². The van der Waals surface area contributed by atoms with Crippen molar-refractivity contribution in [1.82, 2.24) is 5.32 Å². The molecule has 0 saturated carbocycles. The Kier molecular flexibility index (Phi) is 5.14. The lowest BCUT2D eigenvalue weighted by atomic mass is 9.92. The summed E-state index contributed by atoms with van der Waals surface area (Å²) >= 11 is 0. The number of nitrogens with zero attached hydrogens (tertiary/aromatic N) is 1. The molecule has 124 valence electrons. The number of aryl methyl sites for hydroxylation is 1. The molecule has 0 spiro atoms. The highest BCUT2D eigenvalue weighted by atomic mass is 16.5. The van der Waals surface area contributed by atoms with Crippen LogP contribution in [0.3, 0.4) is 0 Å². The monoisotopic (exact) mass is 322 g/mol. The van der Waals surface area contributed by atoms with Gasteiger partial charge < -0.3 is 15.2 Å². The summed E-state index contributed by atoms with van der Waals surface area (Å²) in [5.74, 6) is 0.720. The summed E-state index contributed by atoms with van der Waals surface area (Å²) < 4.78 is 5.70. The molecule has 4 heteroatoms. The molecule has 4 nitrogen and oxygen atoms in total. The van der Waals surface area contributed by atoms with Crippen molar-refractivity contribution < 1.29 is 9.84 Å². The lowest BCUT2D eigenvalue weighted by Gasteiger charge is -2.30. The number of hydrogen-bond acceptors (Lipinski definition) is 4. The Morgan fingerprint density at radius 3 is 2.92 bits per heavy atom. The summed E-state index contributed by atoms with van der Waals surface area (Å²) in [6.07, 6.45) is 2.76. The molecule has 1 aliphatic rings. The molecule has 0 amide bonds. The number of benzene rings is 2.